The molecule has 1 aromatic heterocycles. The van der Waals surface area contributed by atoms with Crippen molar-refractivity contribution in [2.24, 2.45) is 0 Å². The van der Waals surface area contributed by atoms with Crippen LogP contribution in [0.2, 0.25) is 5.02 Å². The van der Waals surface area contributed by atoms with Gasteiger partial charge in [0, 0.05) is 55.7 Å². The van der Waals surface area contributed by atoms with Gasteiger partial charge in [0.1, 0.15) is 12.4 Å². The molecule has 3 aromatic rings. The first-order valence-corrected chi connectivity index (χ1v) is 13.4. The van der Waals surface area contributed by atoms with Crippen LogP contribution in [0.25, 0.3) is 0 Å². The van der Waals surface area contributed by atoms with Crippen molar-refractivity contribution in [1.29, 1.82) is 0 Å². The van der Waals surface area contributed by atoms with Crippen molar-refractivity contribution in [3.63, 3.8) is 0 Å². The highest BCUT2D eigenvalue weighted by Gasteiger charge is 2.19. The molecule has 9 nitrogen and oxygen atoms in total. The van der Waals surface area contributed by atoms with E-state index in [4.69, 9.17) is 16.3 Å². The Kier molecular flexibility index (Phi) is 9.91. The van der Waals surface area contributed by atoms with Gasteiger partial charge in [-0.05, 0) is 61.3 Å². The van der Waals surface area contributed by atoms with E-state index >= 15 is 0 Å². The van der Waals surface area contributed by atoms with Crippen molar-refractivity contribution in [3.8, 4) is 5.75 Å². The first-order chi connectivity index (χ1) is 18.8. The third kappa shape index (κ3) is 8.01. The van der Waals surface area contributed by atoms with Crippen LogP contribution < -0.4 is 15.0 Å². The van der Waals surface area contributed by atoms with Gasteiger partial charge in [-0.2, -0.15) is 4.98 Å². The maximum atomic E-state index is 14.8. The lowest BCUT2D eigenvalue weighted by Crippen LogP contribution is -2.47. The molecule has 0 radical (unpaired) electrons. The number of nitrogens with one attached hydrogen (secondary N) is 1. The SMILES string of the molecule is CCCN1CCN(CCOc2ccc(Nc3nccc(N(Cc4cc(Cl)ccc4C)C(=O)O)n3)cc2F)CC1. The maximum absolute atomic E-state index is 14.8. The van der Waals surface area contributed by atoms with Crippen LogP contribution in [0.15, 0.2) is 48.7 Å². The molecule has 208 valence electrons. The van der Waals surface area contributed by atoms with E-state index in [2.05, 4.69) is 32.0 Å². The summed E-state index contributed by atoms with van der Waals surface area (Å²) in [6.45, 7) is 10.5. The van der Waals surface area contributed by atoms with E-state index in [1.54, 1.807) is 24.3 Å². The number of hydrogen-bond acceptors (Lipinski definition) is 7. The zero-order valence-electron chi connectivity index (χ0n) is 22.2. The minimum atomic E-state index is -1.17. The van der Waals surface area contributed by atoms with Gasteiger partial charge in [-0.15, -0.1) is 0 Å². The number of anilines is 3. The largest absolute Gasteiger partial charge is 0.489 e. The number of aryl methyl sites for hydroxylation is 1. The van der Waals surface area contributed by atoms with Crippen molar-refractivity contribution in [2.45, 2.75) is 26.8 Å². The lowest BCUT2D eigenvalue weighted by Gasteiger charge is -2.34. The Morgan fingerprint density at radius 2 is 1.87 bits per heavy atom. The van der Waals surface area contributed by atoms with Crippen molar-refractivity contribution in [1.82, 2.24) is 19.8 Å². The smallest absolute Gasteiger partial charge is 0.413 e. The monoisotopic (exact) mass is 556 g/mol. The van der Waals surface area contributed by atoms with Gasteiger partial charge < -0.3 is 20.1 Å². The number of piperazine rings is 1. The Balaban J connectivity index is 1.35. The zero-order valence-corrected chi connectivity index (χ0v) is 23.0. The summed E-state index contributed by atoms with van der Waals surface area (Å²) in [6.07, 6.45) is 1.44. The van der Waals surface area contributed by atoms with Gasteiger partial charge in [0.2, 0.25) is 5.95 Å². The molecule has 0 bridgehead atoms. The molecule has 2 heterocycles. The predicted octanol–water partition coefficient (Wildman–Crippen LogP) is 5.41. The molecule has 0 atom stereocenters. The van der Waals surface area contributed by atoms with Gasteiger partial charge in [-0.25, -0.2) is 14.2 Å². The summed E-state index contributed by atoms with van der Waals surface area (Å²) in [5.74, 6) is -0.0199. The molecular weight excluding hydrogens is 523 g/mol. The zero-order chi connectivity index (χ0) is 27.8. The number of benzene rings is 2. The molecule has 4 rings (SSSR count). The number of nitrogens with zero attached hydrogens (tertiary/aromatic N) is 5. The summed E-state index contributed by atoms with van der Waals surface area (Å²) in [7, 11) is 0. The fourth-order valence-electron chi connectivity index (χ4n) is 4.45. The van der Waals surface area contributed by atoms with E-state index in [1.165, 1.54) is 18.3 Å². The Morgan fingerprint density at radius 3 is 2.56 bits per heavy atom. The topological polar surface area (TPSA) is 94.1 Å². The van der Waals surface area contributed by atoms with Crippen LogP contribution >= 0.6 is 11.6 Å². The molecule has 1 aliphatic rings. The van der Waals surface area contributed by atoms with Crippen LogP contribution in [0.3, 0.4) is 0 Å². The van der Waals surface area contributed by atoms with Gasteiger partial charge in [0.15, 0.2) is 11.6 Å². The lowest BCUT2D eigenvalue weighted by molar-refractivity contribution is 0.116. The highest BCUT2D eigenvalue weighted by atomic mass is 35.5. The molecular formula is C28H34ClFN6O3. The molecule has 1 fully saturated rings. The summed E-state index contributed by atoms with van der Waals surface area (Å²) in [4.78, 5) is 26.4. The second-order valence-corrected chi connectivity index (χ2v) is 9.92. The van der Waals surface area contributed by atoms with Gasteiger partial charge >= 0.3 is 6.09 Å². The molecule has 1 aliphatic heterocycles. The minimum Gasteiger partial charge on any atom is -0.489 e. The van der Waals surface area contributed by atoms with Crippen LogP contribution in [0.4, 0.5) is 26.6 Å². The maximum Gasteiger partial charge on any atom is 0.413 e. The lowest BCUT2D eigenvalue weighted by atomic mass is 10.1. The number of hydrogen-bond donors (Lipinski definition) is 2. The van der Waals surface area contributed by atoms with Crippen molar-refractivity contribution < 1.29 is 19.0 Å². The normalized spacial score (nSPS) is 14.3. The van der Waals surface area contributed by atoms with E-state index < -0.39 is 11.9 Å². The van der Waals surface area contributed by atoms with E-state index in [0.717, 1.165) is 61.7 Å². The number of amides is 1. The Hall–Kier alpha value is -3.47. The van der Waals surface area contributed by atoms with Crippen molar-refractivity contribution in [2.75, 3.05) is 56.1 Å². The number of rotatable bonds is 11. The molecule has 39 heavy (non-hydrogen) atoms. The quantitative estimate of drug-likeness (QED) is 0.324. The van der Waals surface area contributed by atoms with Crippen LogP contribution in [-0.4, -0.2) is 76.8 Å². The molecule has 0 unspecified atom stereocenters. The predicted molar refractivity (Wildman–Crippen MR) is 151 cm³/mol. The molecule has 1 amide bonds. The fourth-order valence-corrected chi connectivity index (χ4v) is 4.64. The molecule has 0 aliphatic carbocycles. The number of aromatic nitrogens is 2. The molecule has 1 saturated heterocycles. The number of halogens is 2. The molecule has 2 N–H and O–H groups in total. The minimum absolute atomic E-state index is 0.0628. The highest BCUT2D eigenvalue weighted by Crippen LogP contribution is 2.25. The summed E-state index contributed by atoms with van der Waals surface area (Å²) in [6, 6.07) is 11.4. The van der Waals surface area contributed by atoms with Crippen molar-refractivity contribution in [3.05, 3.63) is 70.6 Å². The standard InChI is InChI=1S/C28H34ClFN6O3/c1-3-10-34-11-13-35(14-12-34)15-16-39-25-7-6-23(18-24(25)30)32-27-31-9-8-26(33-27)36(28(37)38)19-21-17-22(29)5-4-20(21)2/h4-9,17-18H,3,10-16,19H2,1-2H3,(H,37,38)(H,31,32,33). The van der Waals surface area contributed by atoms with Crippen molar-refractivity contribution >= 4 is 35.1 Å². The van der Waals surface area contributed by atoms with Gasteiger partial charge in [-0.3, -0.25) is 9.80 Å². The van der Waals surface area contributed by atoms with E-state index in [1.807, 2.05) is 13.0 Å². The number of carboxylic acid groups (broad SMARTS) is 1. The van der Waals surface area contributed by atoms with Gasteiger partial charge in [0.05, 0.1) is 6.54 Å². The van der Waals surface area contributed by atoms with Crippen LogP contribution in [0.1, 0.15) is 24.5 Å². The highest BCUT2D eigenvalue weighted by molar-refractivity contribution is 6.30. The molecule has 2 aromatic carbocycles. The van der Waals surface area contributed by atoms with Crippen LogP contribution in [-0.2, 0) is 6.54 Å². The number of carbonyl (C=O) groups is 1. The summed E-state index contributed by atoms with van der Waals surface area (Å²) >= 11 is 6.10. The summed E-state index contributed by atoms with van der Waals surface area (Å²) in [5, 5.41) is 13.3. The van der Waals surface area contributed by atoms with Gasteiger partial charge in [0.25, 0.3) is 0 Å². The van der Waals surface area contributed by atoms with Gasteiger partial charge in [-0.1, -0.05) is 24.6 Å². The summed E-state index contributed by atoms with van der Waals surface area (Å²) < 4.78 is 20.5. The first-order valence-electron chi connectivity index (χ1n) is 13.0. The third-order valence-corrected chi connectivity index (χ3v) is 6.88. The Morgan fingerprint density at radius 1 is 1.13 bits per heavy atom. The molecule has 0 saturated carbocycles. The Bertz CT molecular complexity index is 1270. The van der Waals surface area contributed by atoms with E-state index in [-0.39, 0.29) is 24.1 Å². The molecule has 11 heteroatoms. The Labute approximate surface area is 233 Å². The average Bonchev–Trinajstić information content (AvgIpc) is 2.91. The second kappa shape index (κ2) is 13.5. The molecule has 0 spiro atoms. The van der Waals surface area contributed by atoms with E-state index in [9.17, 15) is 14.3 Å². The fraction of sp³-hybridized carbons (Fsp3) is 0.393. The van der Waals surface area contributed by atoms with Crippen LogP contribution in [0.5, 0.6) is 5.75 Å². The summed E-state index contributed by atoms with van der Waals surface area (Å²) in [5.41, 5.74) is 2.08. The second-order valence-electron chi connectivity index (χ2n) is 9.48. The third-order valence-electron chi connectivity index (χ3n) is 6.65. The average molecular weight is 557 g/mol. The first kappa shape index (κ1) is 28.5. The van der Waals surface area contributed by atoms with E-state index in [0.29, 0.717) is 17.3 Å². The number of ether oxygens (including phenoxy) is 1. The van der Waals surface area contributed by atoms with Crippen LogP contribution in [0, 0.1) is 12.7 Å².